The Hall–Kier alpha value is -1.58. The zero-order valence-electron chi connectivity index (χ0n) is 10.5. The van der Waals surface area contributed by atoms with E-state index in [0.717, 1.165) is 0 Å². The maximum absolute atomic E-state index is 12.0. The van der Waals surface area contributed by atoms with Crippen LogP contribution in [0.15, 0.2) is 24.3 Å². The second-order valence-corrected chi connectivity index (χ2v) is 7.39. The molecular formula is C11H12N4O2S3. The predicted molar refractivity (Wildman–Crippen MR) is 83.2 cm³/mol. The highest BCUT2D eigenvalue weighted by atomic mass is 32.2. The highest BCUT2D eigenvalue weighted by molar-refractivity contribution is 7.92. The molecule has 0 saturated carbocycles. The molecule has 1 heterocycles. The van der Waals surface area contributed by atoms with Crippen molar-refractivity contribution in [2.75, 3.05) is 4.72 Å². The normalized spacial score (nSPS) is 11.2. The summed E-state index contributed by atoms with van der Waals surface area (Å²) in [6.07, 6.45) is 0. The highest BCUT2D eigenvalue weighted by Gasteiger charge is 2.14. The van der Waals surface area contributed by atoms with Gasteiger partial charge in [-0.05, 0) is 12.5 Å². The van der Waals surface area contributed by atoms with Crippen LogP contribution in [0.3, 0.4) is 0 Å². The molecule has 1 aromatic heterocycles. The van der Waals surface area contributed by atoms with Gasteiger partial charge >= 0.3 is 0 Å². The first-order valence-corrected chi connectivity index (χ1v) is 8.43. The van der Waals surface area contributed by atoms with Crippen molar-refractivity contribution in [3.8, 4) is 0 Å². The van der Waals surface area contributed by atoms with Crippen molar-refractivity contribution in [2.24, 2.45) is 5.73 Å². The minimum Gasteiger partial charge on any atom is -0.389 e. The number of anilines is 1. The van der Waals surface area contributed by atoms with Crippen LogP contribution in [-0.2, 0) is 15.8 Å². The Bertz CT molecular complexity index is 722. The van der Waals surface area contributed by atoms with Crippen LogP contribution in [0.4, 0.5) is 5.13 Å². The molecule has 20 heavy (non-hydrogen) atoms. The van der Waals surface area contributed by atoms with E-state index < -0.39 is 10.0 Å². The molecule has 2 rings (SSSR count). The van der Waals surface area contributed by atoms with Gasteiger partial charge in [0, 0.05) is 5.56 Å². The van der Waals surface area contributed by atoms with Gasteiger partial charge in [-0.15, -0.1) is 10.2 Å². The third-order valence-corrected chi connectivity index (χ3v) is 4.70. The molecule has 9 heteroatoms. The lowest BCUT2D eigenvalue weighted by Gasteiger charge is -2.05. The predicted octanol–water partition coefficient (Wildman–Crippen LogP) is 1.42. The summed E-state index contributed by atoms with van der Waals surface area (Å²) in [5.41, 5.74) is 6.82. The summed E-state index contributed by atoms with van der Waals surface area (Å²) in [6.45, 7) is 1.75. The van der Waals surface area contributed by atoms with E-state index in [1.165, 1.54) is 11.3 Å². The minimum absolute atomic E-state index is 0.150. The monoisotopic (exact) mass is 328 g/mol. The Morgan fingerprint density at radius 2 is 2.00 bits per heavy atom. The Morgan fingerprint density at radius 1 is 1.35 bits per heavy atom. The molecule has 2 aromatic rings. The molecule has 0 amide bonds. The quantitative estimate of drug-likeness (QED) is 0.806. The van der Waals surface area contributed by atoms with Crippen molar-refractivity contribution in [1.82, 2.24) is 10.2 Å². The SMILES string of the molecule is Cc1nnc(NS(=O)(=O)Cc2ccc(C(N)=S)cc2)s1. The summed E-state index contributed by atoms with van der Waals surface area (Å²) < 4.78 is 26.3. The fraction of sp³-hybridized carbons (Fsp3) is 0.182. The second kappa shape index (κ2) is 5.81. The topological polar surface area (TPSA) is 98.0 Å². The molecule has 0 aliphatic heterocycles. The van der Waals surface area contributed by atoms with Crippen molar-refractivity contribution in [1.29, 1.82) is 0 Å². The van der Waals surface area contributed by atoms with Crippen LogP contribution < -0.4 is 10.5 Å². The van der Waals surface area contributed by atoms with E-state index in [4.69, 9.17) is 18.0 Å². The van der Waals surface area contributed by atoms with Gasteiger partial charge in [0.1, 0.15) is 10.00 Å². The van der Waals surface area contributed by atoms with Gasteiger partial charge in [-0.25, -0.2) is 8.42 Å². The lowest BCUT2D eigenvalue weighted by molar-refractivity contribution is 0.600. The second-order valence-electron chi connectivity index (χ2n) is 4.05. The molecule has 1 aromatic carbocycles. The van der Waals surface area contributed by atoms with Gasteiger partial charge in [0.05, 0.1) is 5.75 Å². The number of sulfonamides is 1. The van der Waals surface area contributed by atoms with Gasteiger partial charge in [-0.3, -0.25) is 4.72 Å². The van der Waals surface area contributed by atoms with Crippen LogP contribution in [-0.4, -0.2) is 23.6 Å². The number of aryl methyl sites for hydroxylation is 1. The number of rotatable bonds is 5. The molecule has 0 spiro atoms. The number of thiocarbonyl (C=S) groups is 1. The van der Waals surface area contributed by atoms with Gasteiger partial charge in [-0.2, -0.15) is 0 Å². The minimum atomic E-state index is -3.51. The summed E-state index contributed by atoms with van der Waals surface area (Å²) in [5, 5.41) is 8.44. The Balaban J connectivity index is 2.09. The molecular weight excluding hydrogens is 316 g/mol. The summed E-state index contributed by atoms with van der Waals surface area (Å²) in [5.74, 6) is -0.150. The molecule has 0 aliphatic carbocycles. The van der Waals surface area contributed by atoms with E-state index in [0.29, 0.717) is 16.1 Å². The summed E-state index contributed by atoms with van der Waals surface area (Å²) in [7, 11) is -3.51. The Morgan fingerprint density at radius 3 is 2.50 bits per heavy atom. The molecule has 3 N–H and O–H groups in total. The Labute approximate surface area is 126 Å². The van der Waals surface area contributed by atoms with Crippen molar-refractivity contribution in [2.45, 2.75) is 12.7 Å². The zero-order chi connectivity index (χ0) is 14.8. The lowest BCUT2D eigenvalue weighted by atomic mass is 10.1. The number of hydrogen-bond donors (Lipinski definition) is 2. The molecule has 0 saturated heterocycles. The van der Waals surface area contributed by atoms with Crippen LogP contribution in [0.25, 0.3) is 0 Å². The van der Waals surface area contributed by atoms with Gasteiger partial charge in [0.15, 0.2) is 0 Å². The highest BCUT2D eigenvalue weighted by Crippen LogP contribution is 2.17. The fourth-order valence-electron chi connectivity index (χ4n) is 1.49. The van der Waals surface area contributed by atoms with Crippen LogP contribution in [0, 0.1) is 6.92 Å². The van der Waals surface area contributed by atoms with Gasteiger partial charge in [-0.1, -0.05) is 47.8 Å². The number of nitrogens with one attached hydrogen (secondary N) is 1. The molecule has 106 valence electrons. The van der Waals surface area contributed by atoms with E-state index >= 15 is 0 Å². The van der Waals surface area contributed by atoms with Crippen molar-refractivity contribution >= 4 is 43.7 Å². The first-order valence-electron chi connectivity index (χ1n) is 5.55. The van der Waals surface area contributed by atoms with Crippen molar-refractivity contribution in [3.63, 3.8) is 0 Å². The first-order chi connectivity index (χ1) is 9.35. The summed E-state index contributed by atoms with van der Waals surface area (Å²) in [4.78, 5) is 0.280. The van der Waals surface area contributed by atoms with Crippen LogP contribution in [0.2, 0.25) is 0 Å². The molecule has 0 bridgehead atoms. The average Bonchev–Trinajstić information content (AvgIpc) is 2.73. The number of benzene rings is 1. The zero-order valence-corrected chi connectivity index (χ0v) is 13.0. The van der Waals surface area contributed by atoms with Crippen LogP contribution >= 0.6 is 23.6 Å². The summed E-state index contributed by atoms with van der Waals surface area (Å²) in [6, 6.07) is 6.75. The number of nitrogens with zero attached hydrogens (tertiary/aromatic N) is 2. The lowest BCUT2D eigenvalue weighted by Crippen LogP contribution is -2.15. The third-order valence-electron chi connectivity index (χ3n) is 2.36. The smallest absolute Gasteiger partial charge is 0.238 e. The Kier molecular flexibility index (Phi) is 4.31. The van der Waals surface area contributed by atoms with Crippen LogP contribution in [0.1, 0.15) is 16.1 Å². The maximum atomic E-state index is 12.0. The molecule has 0 aliphatic rings. The third kappa shape index (κ3) is 3.95. The van der Waals surface area contributed by atoms with Gasteiger partial charge in [0.25, 0.3) is 0 Å². The van der Waals surface area contributed by atoms with E-state index in [9.17, 15) is 8.42 Å². The fourth-order valence-corrected chi connectivity index (χ4v) is 3.63. The number of nitrogens with two attached hydrogens (primary N) is 1. The number of hydrogen-bond acceptors (Lipinski definition) is 6. The van der Waals surface area contributed by atoms with E-state index in [1.54, 1.807) is 31.2 Å². The molecule has 0 fully saturated rings. The largest absolute Gasteiger partial charge is 0.389 e. The summed E-state index contributed by atoms with van der Waals surface area (Å²) >= 11 is 6.02. The van der Waals surface area contributed by atoms with Gasteiger partial charge < -0.3 is 5.73 Å². The average molecular weight is 328 g/mol. The number of aromatic nitrogens is 2. The molecule has 0 atom stereocenters. The molecule has 0 unspecified atom stereocenters. The van der Waals surface area contributed by atoms with Crippen molar-refractivity contribution < 1.29 is 8.42 Å². The van der Waals surface area contributed by atoms with Crippen molar-refractivity contribution in [3.05, 3.63) is 40.4 Å². The van der Waals surface area contributed by atoms with Crippen LogP contribution in [0.5, 0.6) is 0 Å². The first kappa shape index (κ1) is 14.8. The van der Waals surface area contributed by atoms with E-state index in [1.807, 2.05) is 0 Å². The van der Waals surface area contributed by atoms with Gasteiger partial charge in [0.2, 0.25) is 15.2 Å². The molecule has 6 nitrogen and oxygen atoms in total. The standard InChI is InChI=1S/C11H12N4O2S3/c1-7-13-14-11(19-7)15-20(16,17)6-8-2-4-9(5-3-8)10(12)18/h2-5H,6H2,1H3,(H2,12,18)(H,14,15). The van der Waals surface area contributed by atoms with E-state index in [-0.39, 0.29) is 15.9 Å². The molecule has 0 radical (unpaired) electrons. The van der Waals surface area contributed by atoms with E-state index in [2.05, 4.69) is 14.9 Å². The maximum Gasteiger partial charge on any atom is 0.238 e.